The van der Waals surface area contributed by atoms with Crippen LogP contribution in [0.25, 0.3) is 0 Å². The zero-order valence-electron chi connectivity index (χ0n) is 13.3. The average molecular weight is 299 g/mol. The molecule has 1 fully saturated rings. The van der Waals surface area contributed by atoms with Crippen LogP contribution in [0, 0.1) is 20.8 Å². The Labute approximate surface area is 130 Å². The number of carbonyl (C=O) groups is 1. The highest BCUT2D eigenvalue weighted by molar-refractivity contribution is 5.95. The minimum absolute atomic E-state index is 0.0133. The lowest BCUT2D eigenvalue weighted by atomic mass is 10.1. The normalized spacial score (nSPS) is 15.2. The van der Waals surface area contributed by atoms with Crippen molar-refractivity contribution in [1.82, 2.24) is 10.1 Å². The summed E-state index contributed by atoms with van der Waals surface area (Å²) < 4.78 is 4.87. The fourth-order valence-electron chi connectivity index (χ4n) is 2.90. The second kappa shape index (κ2) is 5.83. The minimum Gasteiger partial charge on any atom is -0.368 e. The van der Waals surface area contributed by atoms with E-state index in [1.54, 1.807) is 6.92 Å². The Morgan fingerprint density at radius 1 is 1.14 bits per heavy atom. The predicted octanol–water partition coefficient (Wildman–Crippen LogP) is 2.56. The Kier molecular flexibility index (Phi) is 3.88. The van der Waals surface area contributed by atoms with Gasteiger partial charge in [0.1, 0.15) is 11.8 Å². The van der Waals surface area contributed by atoms with E-state index < -0.39 is 0 Å². The third kappa shape index (κ3) is 2.58. The Hall–Kier alpha value is -2.30. The van der Waals surface area contributed by atoms with Crippen LogP contribution < -0.4 is 4.90 Å². The third-order valence-electron chi connectivity index (χ3n) is 4.46. The first-order chi connectivity index (χ1) is 10.6. The monoisotopic (exact) mass is 299 g/mol. The van der Waals surface area contributed by atoms with Gasteiger partial charge in [0.2, 0.25) is 0 Å². The van der Waals surface area contributed by atoms with Crippen molar-refractivity contribution in [3.63, 3.8) is 0 Å². The van der Waals surface area contributed by atoms with Crippen LogP contribution in [0.1, 0.15) is 27.2 Å². The summed E-state index contributed by atoms with van der Waals surface area (Å²) >= 11 is 0. The lowest BCUT2D eigenvalue weighted by molar-refractivity contribution is 0.0745. The van der Waals surface area contributed by atoms with Crippen molar-refractivity contribution >= 4 is 11.6 Å². The van der Waals surface area contributed by atoms with E-state index in [1.165, 1.54) is 23.1 Å². The predicted molar refractivity (Wildman–Crippen MR) is 85.3 cm³/mol. The lowest BCUT2D eigenvalue weighted by Gasteiger charge is -2.37. The number of anilines is 1. The summed E-state index contributed by atoms with van der Waals surface area (Å²) in [4.78, 5) is 16.7. The van der Waals surface area contributed by atoms with E-state index in [4.69, 9.17) is 4.52 Å². The van der Waals surface area contributed by atoms with Gasteiger partial charge in [0.05, 0.1) is 5.69 Å². The zero-order chi connectivity index (χ0) is 15.7. The van der Waals surface area contributed by atoms with Gasteiger partial charge < -0.3 is 14.3 Å². The number of nitrogens with zero attached hydrogens (tertiary/aromatic N) is 3. The molecular formula is C17H21N3O2. The molecule has 2 aromatic rings. The zero-order valence-corrected chi connectivity index (χ0v) is 13.3. The van der Waals surface area contributed by atoms with E-state index in [2.05, 4.69) is 42.1 Å². The maximum atomic E-state index is 12.5. The Bertz CT molecular complexity index is 685. The highest BCUT2D eigenvalue weighted by Gasteiger charge is 2.25. The molecule has 0 atom stereocenters. The molecule has 1 aliphatic rings. The number of piperazine rings is 1. The van der Waals surface area contributed by atoms with Gasteiger partial charge in [0.15, 0.2) is 0 Å². The summed E-state index contributed by atoms with van der Waals surface area (Å²) in [5.41, 5.74) is 5.11. The first-order valence-electron chi connectivity index (χ1n) is 7.59. The number of rotatable bonds is 2. The number of amides is 1. The van der Waals surface area contributed by atoms with Crippen LogP contribution in [-0.2, 0) is 0 Å². The molecule has 1 amide bonds. The topological polar surface area (TPSA) is 49.6 Å². The van der Waals surface area contributed by atoms with E-state index in [0.717, 1.165) is 26.2 Å². The molecule has 5 heteroatoms. The summed E-state index contributed by atoms with van der Waals surface area (Å²) in [6, 6.07) is 6.38. The molecule has 3 rings (SSSR count). The Morgan fingerprint density at radius 2 is 1.86 bits per heavy atom. The first-order valence-corrected chi connectivity index (χ1v) is 7.59. The Morgan fingerprint density at radius 3 is 2.50 bits per heavy atom. The quantitative estimate of drug-likeness (QED) is 0.855. The van der Waals surface area contributed by atoms with E-state index in [1.807, 2.05) is 4.90 Å². The largest absolute Gasteiger partial charge is 0.368 e. The molecule has 1 aromatic heterocycles. The van der Waals surface area contributed by atoms with Crippen LogP contribution in [0.2, 0.25) is 0 Å². The second-order valence-electron chi connectivity index (χ2n) is 5.81. The SMILES string of the molecule is Cc1cccc(N2CCN(C(=O)c3conc3C)CC2)c1C. The molecule has 1 aromatic carbocycles. The molecule has 0 saturated carbocycles. The van der Waals surface area contributed by atoms with Crippen molar-refractivity contribution in [1.29, 1.82) is 0 Å². The number of hydrogen-bond acceptors (Lipinski definition) is 4. The van der Waals surface area contributed by atoms with Crippen LogP contribution in [0.15, 0.2) is 29.0 Å². The molecule has 2 heterocycles. The average Bonchev–Trinajstić information content (AvgIpc) is 2.96. The third-order valence-corrected chi connectivity index (χ3v) is 4.46. The fraction of sp³-hybridized carbons (Fsp3) is 0.412. The van der Waals surface area contributed by atoms with Crippen LogP contribution in [0.4, 0.5) is 5.69 Å². The molecule has 0 radical (unpaired) electrons. The summed E-state index contributed by atoms with van der Waals surface area (Å²) in [5, 5.41) is 3.78. The summed E-state index contributed by atoms with van der Waals surface area (Å²) in [6.45, 7) is 9.22. The van der Waals surface area contributed by atoms with Gasteiger partial charge in [0, 0.05) is 31.9 Å². The highest BCUT2D eigenvalue weighted by Crippen LogP contribution is 2.24. The molecule has 5 nitrogen and oxygen atoms in total. The molecule has 1 aliphatic heterocycles. The number of hydrogen-bond donors (Lipinski definition) is 0. The molecule has 1 saturated heterocycles. The van der Waals surface area contributed by atoms with Crippen LogP contribution in [0.5, 0.6) is 0 Å². The number of benzene rings is 1. The summed E-state index contributed by atoms with van der Waals surface area (Å²) in [5.74, 6) is 0.0133. The molecule has 0 bridgehead atoms. The molecule has 22 heavy (non-hydrogen) atoms. The van der Waals surface area contributed by atoms with Gasteiger partial charge in [-0.1, -0.05) is 17.3 Å². The van der Waals surface area contributed by atoms with Crippen LogP contribution in [-0.4, -0.2) is 42.1 Å². The van der Waals surface area contributed by atoms with E-state index in [0.29, 0.717) is 11.3 Å². The van der Waals surface area contributed by atoms with Gasteiger partial charge >= 0.3 is 0 Å². The second-order valence-corrected chi connectivity index (χ2v) is 5.81. The van der Waals surface area contributed by atoms with Gasteiger partial charge in [-0.25, -0.2) is 0 Å². The molecule has 0 N–H and O–H groups in total. The van der Waals surface area contributed by atoms with Gasteiger partial charge in [-0.3, -0.25) is 4.79 Å². The van der Waals surface area contributed by atoms with Gasteiger partial charge in [-0.05, 0) is 38.0 Å². The van der Waals surface area contributed by atoms with Crippen LogP contribution >= 0.6 is 0 Å². The molecule has 116 valence electrons. The van der Waals surface area contributed by atoms with Gasteiger partial charge in [0.25, 0.3) is 5.91 Å². The smallest absolute Gasteiger partial charge is 0.259 e. The molecular weight excluding hydrogens is 278 g/mol. The van der Waals surface area contributed by atoms with Crippen LogP contribution in [0.3, 0.4) is 0 Å². The van der Waals surface area contributed by atoms with Crippen molar-refractivity contribution in [3.8, 4) is 0 Å². The van der Waals surface area contributed by atoms with Crippen molar-refractivity contribution < 1.29 is 9.32 Å². The number of aryl methyl sites for hydroxylation is 2. The fourth-order valence-corrected chi connectivity index (χ4v) is 2.90. The Balaban J connectivity index is 1.69. The van der Waals surface area contributed by atoms with Gasteiger partial charge in [-0.2, -0.15) is 0 Å². The van der Waals surface area contributed by atoms with Crippen molar-refractivity contribution in [2.24, 2.45) is 0 Å². The summed E-state index contributed by atoms with van der Waals surface area (Å²) in [7, 11) is 0. The van der Waals surface area contributed by atoms with Crippen molar-refractivity contribution in [2.75, 3.05) is 31.1 Å². The molecule has 0 aliphatic carbocycles. The molecule has 0 spiro atoms. The van der Waals surface area contributed by atoms with Gasteiger partial charge in [-0.15, -0.1) is 0 Å². The molecule has 0 unspecified atom stereocenters. The number of carbonyl (C=O) groups excluding carboxylic acids is 1. The maximum absolute atomic E-state index is 12.5. The minimum atomic E-state index is 0.0133. The summed E-state index contributed by atoms with van der Waals surface area (Å²) in [6.07, 6.45) is 1.44. The maximum Gasteiger partial charge on any atom is 0.259 e. The van der Waals surface area contributed by atoms with E-state index in [9.17, 15) is 4.79 Å². The van der Waals surface area contributed by atoms with Crippen molar-refractivity contribution in [3.05, 3.63) is 46.8 Å². The first kappa shape index (κ1) is 14.6. The van der Waals surface area contributed by atoms with E-state index >= 15 is 0 Å². The van der Waals surface area contributed by atoms with Crippen molar-refractivity contribution in [2.45, 2.75) is 20.8 Å². The number of aromatic nitrogens is 1. The highest BCUT2D eigenvalue weighted by atomic mass is 16.5. The lowest BCUT2D eigenvalue weighted by Crippen LogP contribution is -2.49. The van der Waals surface area contributed by atoms with E-state index in [-0.39, 0.29) is 5.91 Å². The standard InChI is InChI=1S/C17H21N3O2/c1-12-5-4-6-16(13(12)2)19-7-9-20(10-8-19)17(21)15-11-22-18-14(15)3/h4-6,11H,7-10H2,1-3H3.